The number of aromatic nitrogens is 2. The maximum absolute atomic E-state index is 13.0. The molecule has 1 heterocycles. The van der Waals surface area contributed by atoms with Crippen LogP contribution in [0.2, 0.25) is 0 Å². The number of rotatable bonds is 2. The van der Waals surface area contributed by atoms with E-state index in [0.29, 0.717) is 16.8 Å². The van der Waals surface area contributed by atoms with Crippen molar-refractivity contribution < 1.29 is 13.2 Å². The summed E-state index contributed by atoms with van der Waals surface area (Å²) in [6, 6.07) is 6.88. The molecule has 0 spiro atoms. The summed E-state index contributed by atoms with van der Waals surface area (Å²) >= 11 is 3.19. The minimum Gasteiger partial charge on any atom is -0.233 e. The molecule has 0 bridgehead atoms. The van der Waals surface area contributed by atoms with Crippen LogP contribution in [0.3, 0.4) is 0 Å². The van der Waals surface area contributed by atoms with Gasteiger partial charge in [0.15, 0.2) is 0 Å². The normalized spacial score (nSPS) is 11.6. The Morgan fingerprint density at radius 1 is 1.16 bits per heavy atom. The highest BCUT2D eigenvalue weighted by atomic mass is 79.9. The van der Waals surface area contributed by atoms with Gasteiger partial charge in [-0.25, -0.2) is 9.97 Å². The van der Waals surface area contributed by atoms with E-state index in [9.17, 15) is 13.2 Å². The van der Waals surface area contributed by atoms with Crippen molar-refractivity contribution in [3.05, 3.63) is 46.3 Å². The first-order valence-corrected chi connectivity index (χ1v) is 6.41. The van der Waals surface area contributed by atoms with E-state index in [0.717, 1.165) is 6.07 Å². The second kappa shape index (κ2) is 5.28. The highest BCUT2D eigenvalue weighted by molar-refractivity contribution is 9.10. The fourth-order valence-corrected chi connectivity index (χ4v) is 2.14. The van der Waals surface area contributed by atoms with Crippen LogP contribution in [0.15, 0.2) is 34.9 Å². The lowest BCUT2D eigenvalue weighted by molar-refractivity contribution is -0.137. The number of hydrogen-bond donors (Lipinski definition) is 0. The number of halogens is 4. The molecule has 2 rings (SSSR count). The Kier molecular flexibility index (Phi) is 3.89. The largest absolute Gasteiger partial charge is 0.417 e. The van der Waals surface area contributed by atoms with E-state index in [1.165, 1.54) is 18.2 Å². The Balaban J connectivity index is 2.62. The van der Waals surface area contributed by atoms with Crippen molar-refractivity contribution >= 4 is 15.9 Å². The van der Waals surface area contributed by atoms with E-state index in [4.69, 9.17) is 0 Å². The molecule has 1 aromatic heterocycles. The molecule has 0 radical (unpaired) electrons. The third-order valence-electron chi connectivity index (χ3n) is 2.57. The van der Waals surface area contributed by atoms with Crippen molar-refractivity contribution in [2.45, 2.75) is 19.5 Å². The molecule has 1 aromatic carbocycles. The number of benzene rings is 1. The van der Waals surface area contributed by atoms with Gasteiger partial charge in [-0.05, 0) is 28.1 Å². The van der Waals surface area contributed by atoms with Crippen LogP contribution >= 0.6 is 15.9 Å². The van der Waals surface area contributed by atoms with Gasteiger partial charge in [0.05, 0.1) is 11.3 Å². The summed E-state index contributed by atoms with van der Waals surface area (Å²) in [5.74, 6) is 0.501. The van der Waals surface area contributed by atoms with Crippen LogP contribution in [0.25, 0.3) is 11.3 Å². The van der Waals surface area contributed by atoms with Crippen LogP contribution in [0.1, 0.15) is 18.3 Å². The molecule has 0 aliphatic carbocycles. The van der Waals surface area contributed by atoms with Crippen LogP contribution < -0.4 is 0 Å². The van der Waals surface area contributed by atoms with Gasteiger partial charge in [0.25, 0.3) is 0 Å². The molecule has 0 amide bonds. The predicted octanol–water partition coefficient (Wildman–Crippen LogP) is 4.49. The predicted molar refractivity (Wildman–Crippen MR) is 69.5 cm³/mol. The van der Waals surface area contributed by atoms with Gasteiger partial charge in [-0.3, -0.25) is 0 Å². The van der Waals surface area contributed by atoms with Crippen LogP contribution in [-0.4, -0.2) is 9.97 Å². The molecular formula is C13H10BrF3N2. The molecular weight excluding hydrogens is 321 g/mol. The number of hydrogen-bond acceptors (Lipinski definition) is 2. The van der Waals surface area contributed by atoms with E-state index in [2.05, 4.69) is 25.9 Å². The van der Waals surface area contributed by atoms with E-state index in [-0.39, 0.29) is 11.3 Å². The molecule has 19 heavy (non-hydrogen) atoms. The second-order valence-electron chi connectivity index (χ2n) is 3.89. The molecule has 100 valence electrons. The summed E-state index contributed by atoms with van der Waals surface area (Å²) in [5, 5.41) is 0. The first kappa shape index (κ1) is 14.0. The summed E-state index contributed by atoms with van der Waals surface area (Å²) in [5.41, 5.74) is -0.359. The summed E-state index contributed by atoms with van der Waals surface area (Å²) in [6.07, 6.45) is -3.85. The van der Waals surface area contributed by atoms with Crippen molar-refractivity contribution in [1.29, 1.82) is 0 Å². The molecule has 6 heteroatoms. The Bertz CT molecular complexity index is 597. The fourth-order valence-electron chi connectivity index (χ4n) is 1.71. The molecule has 0 aliphatic rings. The molecule has 0 aliphatic heterocycles. The van der Waals surface area contributed by atoms with Crippen molar-refractivity contribution in [1.82, 2.24) is 9.97 Å². The first-order valence-electron chi connectivity index (χ1n) is 5.62. The molecule has 0 fully saturated rings. The third kappa shape index (κ3) is 3.12. The zero-order valence-electron chi connectivity index (χ0n) is 10.0. The Hall–Kier alpha value is -1.43. The highest BCUT2D eigenvalue weighted by Crippen LogP contribution is 2.36. The lowest BCUT2D eigenvalue weighted by Gasteiger charge is -2.12. The van der Waals surface area contributed by atoms with Crippen LogP contribution in [0.4, 0.5) is 13.2 Å². The number of aryl methyl sites for hydroxylation is 1. The fraction of sp³-hybridized carbons (Fsp3) is 0.231. The standard InChI is InChI=1S/C13H10BrF3N2/c1-2-12-18-10(7-11(14)19-12)8-5-3-4-6-9(8)13(15,16)17/h3-7H,2H2,1H3. The summed E-state index contributed by atoms with van der Waals surface area (Å²) < 4.78 is 39.4. The van der Waals surface area contributed by atoms with Crippen molar-refractivity contribution in [3.63, 3.8) is 0 Å². The van der Waals surface area contributed by atoms with Crippen LogP contribution in [0, 0.1) is 0 Å². The highest BCUT2D eigenvalue weighted by Gasteiger charge is 2.33. The number of nitrogens with zero attached hydrogens (tertiary/aromatic N) is 2. The quantitative estimate of drug-likeness (QED) is 0.758. The summed E-state index contributed by atoms with van der Waals surface area (Å²) in [7, 11) is 0. The third-order valence-corrected chi connectivity index (χ3v) is 2.97. The molecule has 0 atom stereocenters. The molecule has 0 N–H and O–H groups in total. The minimum absolute atomic E-state index is 0.0628. The lowest BCUT2D eigenvalue weighted by atomic mass is 10.0. The Labute approximate surface area is 116 Å². The van der Waals surface area contributed by atoms with Crippen LogP contribution in [0.5, 0.6) is 0 Å². The maximum atomic E-state index is 13.0. The monoisotopic (exact) mass is 330 g/mol. The Morgan fingerprint density at radius 3 is 2.47 bits per heavy atom. The molecule has 0 saturated carbocycles. The topological polar surface area (TPSA) is 25.8 Å². The smallest absolute Gasteiger partial charge is 0.233 e. The van der Waals surface area contributed by atoms with Gasteiger partial charge < -0.3 is 0 Å². The Morgan fingerprint density at radius 2 is 1.84 bits per heavy atom. The van der Waals surface area contributed by atoms with Gasteiger partial charge in [-0.1, -0.05) is 25.1 Å². The van der Waals surface area contributed by atoms with Gasteiger partial charge in [0, 0.05) is 12.0 Å². The second-order valence-corrected chi connectivity index (χ2v) is 4.70. The zero-order chi connectivity index (χ0) is 14.0. The molecule has 2 aromatic rings. The first-order chi connectivity index (χ1) is 8.91. The SMILES string of the molecule is CCc1nc(Br)cc(-c2ccccc2C(F)(F)F)n1. The van der Waals surface area contributed by atoms with Crippen molar-refractivity contribution in [2.75, 3.05) is 0 Å². The van der Waals surface area contributed by atoms with Gasteiger partial charge in [0.1, 0.15) is 10.4 Å². The molecule has 0 unspecified atom stereocenters. The van der Waals surface area contributed by atoms with E-state index >= 15 is 0 Å². The zero-order valence-corrected chi connectivity index (χ0v) is 11.6. The summed E-state index contributed by atoms with van der Waals surface area (Å²) in [6.45, 7) is 1.85. The molecule has 0 saturated heterocycles. The van der Waals surface area contributed by atoms with Crippen LogP contribution in [-0.2, 0) is 12.6 Å². The maximum Gasteiger partial charge on any atom is 0.417 e. The lowest BCUT2D eigenvalue weighted by Crippen LogP contribution is -2.08. The van der Waals surface area contributed by atoms with E-state index < -0.39 is 11.7 Å². The van der Waals surface area contributed by atoms with Gasteiger partial charge in [-0.2, -0.15) is 13.2 Å². The van der Waals surface area contributed by atoms with E-state index in [1.807, 2.05) is 6.92 Å². The van der Waals surface area contributed by atoms with E-state index in [1.54, 1.807) is 6.07 Å². The minimum atomic E-state index is -4.40. The number of alkyl halides is 3. The van der Waals surface area contributed by atoms with Crippen molar-refractivity contribution in [3.8, 4) is 11.3 Å². The van der Waals surface area contributed by atoms with Gasteiger partial charge in [0.2, 0.25) is 0 Å². The van der Waals surface area contributed by atoms with Gasteiger partial charge >= 0.3 is 6.18 Å². The summed E-state index contributed by atoms with van der Waals surface area (Å²) in [4.78, 5) is 8.25. The van der Waals surface area contributed by atoms with Crippen molar-refractivity contribution in [2.24, 2.45) is 0 Å². The average Bonchev–Trinajstić information content (AvgIpc) is 2.37. The average molecular weight is 331 g/mol. The molecule has 2 nitrogen and oxygen atoms in total. The van der Waals surface area contributed by atoms with Gasteiger partial charge in [-0.15, -0.1) is 0 Å².